The van der Waals surface area contributed by atoms with Crippen molar-refractivity contribution in [2.75, 3.05) is 29.9 Å². The summed E-state index contributed by atoms with van der Waals surface area (Å²) in [5, 5.41) is 13.5. The summed E-state index contributed by atoms with van der Waals surface area (Å²) in [5.74, 6) is 0.291. The minimum Gasteiger partial charge on any atom is -0.443 e. The van der Waals surface area contributed by atoms with E-state index in [1.165, 1.54) is 6.20 Å². The molecule has 260 valence electrons. The molecule has 2 aliphatic rings. The van der Waals surface area contributed by atoms with Crippen molar-refractivity contribution in [1.82, 2.24) is 19.9 Å². The van der Waals surface area contributed by atoms with Crippen LogP contribution in [0.3, 0.4) is 0 Å². The zero-order valence-corrected chi connectivity index (χ0v) is 31.6. The minimum absolute atomic E-state index is 0.176. The van der Waals surface area contributed by atoms with E-state index in [-0.39, 0.29) is 28.5 Å². The van der Waals surface area contributed by atoms with Crippen LogP contribution in [0.25, 0.3) is 11.3 Å². The van der Waals surface area contributed by atoms with Crippen molar-refractivity contribution in [1.29, 1.82) is 5.26 Å². The summed E-state index contributed by atoms with van der Waals surface area (Å²) in [7, 11) is -2.38. The SMILES string of the molecule is CC(C)(C)OC(=O)N1CC(C)(C)c2cc(-c3ccnc(Nc4cc(Cl)cnc4C(=O)N4CCC(CC(C)(C)[Si](C)(C)O)C4)n3)cc(C#N)c21. The highest BCUT2D eigenvalue weighted by atomic mass is 35.5. The normalized spacial score (nSPS) is 17.5. The highest BCUT2D eigenvalue weighted by Gasteiger charge is 2.43. The Bertz CT molecular complexity index is 1830. The fourth-order valence-electron chi connectivity index (χ4n) is 6.42. The molecule has 11 nitrogen and oxygen atoms in total. The van der Waals surface area contributed by atoms with Gasteiger partial charge in [-0.25, -0.2) is 19.7 Å². The summed E-state index contributed by atoms with van der Waals surface area (Å²) in [6.45, 7) is 19.2. The number of rotatable bonds is 7. The Hall–Kier alpha value is -4.05. The van der Waals surface area contributed by atoms with Crippen LogP contribution in [0.5, 0.6) is 0 Å². The lowest BCUT2D eigenvalue weighted by atomic mass is 9.85. The lowest BCUT2D eigenvalue weighted by Gasteiger charge is -2.37. The van der Waals surface area contributed by atoms with Crippen LogP contribution in [0.4, 0.5) is 22.1 Å². The average Bonchev–Trinajstić information content (AvgIpc) is 3.56. The van der Waals surface area contributed by atoms with Crippen molar-refractivity contribution >= 4 is 49.2 Å². The Morgan fingerprint density at radius 1 is 1.18 bits per heavy atom. The van der Waals surface area contributed by atoms with E-state index < -0.39 is 25.4 Å². The van der Waals surface area contributed by atoms with Gasteiger partial charge >= 0.3 is 6.09 Å². The molecule has 13 heteroatoms. The first-order chi connectivity index (χ1) is 22.7. The van der Waals surface area contributed by atoms with Crippen LogP contribution in [0.15, 0.2) is 36.7 Å². The molecule has 0 bridgehead atoms. The van der Waals surface area contributed by atoms with Crippen LogP contribution in [-0.4, -0.2) is 70.2 Å². The number of carbonyl (C=O) groups excluding carboxylic acids is 2. The summed E-state index contributed by atoms with van der Waals surface area (Å²) in [5.41, 5.74) is 2.40. The Kier molecular flexibility index (Phi) is 9.62. The summed E-state index contributed by atoms with van der Waals surface area (Å²) in [4.78, 5) is 54.6. The lowest BCUT2D eigenvalue weighted by molar-refractivity contribution is 0.0578. The number of nitrogens with zero attached hydrogens (tertiary/aromatic N) is 6. The van der Waals surface area contributed by atoms with Gasteiger partial charge < -0.3 is 19.7 Å². The fraction of sp³-hybridized carbons (Fsp3) is 0.500. The third-order valence-electron chi connectivity index (χ3n) is 9.68. The molecule has 1 fully saturated rings. The van der Waals surface area contributed by atoms with E-state index in [9.17, 15) is 19.6 Å². The molecule has 4 heterocycles. The smallest absolute Gasteiger partial charge is 0.414 e. The molecule has 5 rings (SSSR count). The monoisotopic (exact) mass is 703 g/mol. The van der Waals surface area contributed by atoms with E-state index >= 15 is 0 Å². The van der Waals surface area contributed by atoms with Crippen molar-refractivity contribution in [2.24, 2.45) is 5.92 Å². The van der Waals surface area contributed by atoms with Crippen molar-refractivity contribution in [3.8, 4) is 17.3 Å². The number of aromatic nitrogens is 3. The second kappa shape index (κ2) is 13.0. The number of hydrogen-bond donors (Lipinski definition) is 2. The van der Waals surface area contributed by atoms with Gasteiger partial charge in [-0.15, -0.1) is 0 Å². The van der Waals surface area contributed by atoms with Crippen LogP contribution in [0, 0.1) is 17.2 Å². The lowest BCUT2D eigenvalue weighted by Crippen LogP contribution is -2.40. The van der Waals surface area contributed by atoms with Crippen LogP contribution in [0.2, 0.25) is 23.2 Å². The molecular weight excluding hydrogens is 658 g/mol. The van der Waals surface area contributed by atoms with Crippen LogP contribution in [-0.2, 0) is 10.2 Å². The van der Waals surface area contributed by atoms with Gasteiger partial charge in [0.05, 0.1) is 27.7 Å². The number of amides is 2. The molecule has 0 aliphatic carbocycles. The third kappa shape index (κ3) is 7.74. The van der Waals surface area contributed by atoms with Gasteiger partial charge in [0.1, 0.15) is 11.7 Å². The Balaban J connectivity index is 1.41. The van der Waals surface area contributed by atoms with E-state index in [1.54, 1.807) is 29.3 Å². The predicted molar refractivity (Wildman–Crippen MR) is 194 cm³/mol. The maximum absolute atomic E-state index is 13.8. The van der Waals surface area contributed by atoms with E-state index in [0.29, 0.717) is 52.9 Å². The minimum atomic E-state index is -2.38. The number of ether oxygens (including phenoxy) is 1. The molecular formula is C36H46ClN7O4Si. The van der Waals surface area contributed by atoms with E-state index in [0.717, 1.165) is 18.4 Å². The first-order valence-corrected chi connectivity index (χ1v) is 19.9. The first kappa shape index (κ1) is 36.2. The summed E-state index contributed by atoms with van der Waals surface area (Å²) < 4.78 is 5.66. The van der Waals surface area contributed by atoms with E-state index in [4.69, 9.17) is 21.3 Å². The number of pyridine rings is 1. The molecule has 2 aliphatic heterocycles. The van der Waals surface area contributed by atoms with Crippen LogP contribution < -0.4 is 10.2 Å². The van der Waals surface area contributed by atoms with Crippen molar-refractivity contribution in [2.45, 2.75) is 90.5 Å². The first-order valence-electron chi connectivity index (χ1n) is 16.6. The molecule has 1 unspecified atom stereocenters. The average molecular weight is 704 g/mol. The molecule has 0 saturated carbocycles. The summed E-state index contributed by atoms with van der Waals surface area (Å²) >= 11 is 6.34. The van der Waals surface area contributed by atoms with Crippen LogP contribution in [0.1, 0.15) is 82.9 Å². The highest BCUT2D eigenvalue weighted by Crippen LogP contribution is 2.46. The van der Waals surface area contributed by atoms with E-state index in [1.807, 2.05) is 58.7 Å². The number of nitrogens with one attached hydrogen (secondary N) is 1. The van der Waals surface area contributed by atoms with Gasteiger partial charge in [0, 0.05) is 43.0 Å². The van der Waals surface area contributed by atoms with Crippen molar-refractivity contribution < 1.29 is 19.1 Å². The molecule has 1 aromatic carbocycles. The second-order valence-electron chi connectivity index (χ2n) is 16.0. The number of anilines is 3. The Morgan fingerprint density at radius 3 is 2.55 bits per heavy atom. The number of likely N-dealkylation sites (tertiary alicyclic amines) is 1. The van der Waals surface area contributed by atoms with Gasteiger partial charge in [-0.1, -0.05) is 39.3 Å². The van der Waals surface area contributed by atoms with Gasteiger partial charge in [-0.05, 0) is 87.5 Å². The molecule has 2 amide bonds. The standard InChI is InChI=1S/C36H46ClN7O4Si/c1-34(2,3)48-33(46)44-21-35(4,5)26-15-23(14-24(18-38)30(26)44)27-10-12-39-32(41-27)42-28-16-25(37)19-40-29(28)31(45)43-13-11-22(20-43)17-36(6,7)49(8,9)47/h10,12,14-16,19,22,47H,11,13,17,20-21H2,1-9H3,(H,39,41,42). The molecule has 3 aromatic rings. The maximum atomic E-state index is 13.8. The predicted octanol–water partition coefficient (Wildman–Crippen LogP) is 7.67. The molecule has 0 spiro atoms. The molecule has 49 heavy (non-hydrogen) atoms. The zero-order chi connectivity index (χ0) is 36.1. The highest BCUT2D eigenvalue weighted by molar-refractivity contribution is 6.72. The molecule has 1 saturated heterocycles. The number of fused-ring (bicyclic) bond motifs is 1. The zero-order valence-electron chi connectivity index (χ0n) is 29.8. The van der Waals surface area contributed by atoms with Gasteiger partial charge in [0.2, 0.25) is 5.95 Å². The van der Waals surface area contributed by atoms with Gasteiger partial charge in [0.15, 0.2) is 14.0 Å². The fourth-order valence-corrected chi connectivity index (χ4v) is 7.36. The van der Waals surface area contributed by atoms with Gasteiger partial charge in [-0.2, -0.15) is 5.26 Å². The number of halogens is 1. The number of hydrogen-bond acceptors (Lipinski definition) is 9. The van der Waals surface area contributed by atoms with Crippen molar-refractivity contribution in [3.05, 3.63) is 58.5 Å². The Labute approximate surface area is 294 Å². The second-order valence-corrected chi connectivity index (χ2v) is 20.9. The van der Waals surface area contributed by atoms with Crippen molar-refractivity contribution in [3.63, 3.8) is 0 Å². The topological polar surface area (TPSA) is 145 Å². The summed E-state index contributed by atoms with van der Waals surface area (Å²) in [6, 6.07) is 9.31. The largest absolute Gasteiger partial charge is 0.443 e. The molecule has 1 atom stereocenters. The Morgan fingerprint density at radius 2 is 1.90 bits per heavy atom. The van der Waals surface area contributed by atoms with Gasteiger partial charge in [-0.3, -0.25) is 9.69 Å². The number of benzene rings is 1. The summed E-state index contributed by atoms with van der Waals surface area (Å²) in [6.07, 6.45) is 4.25. The molecule has 0 radical (unpaired) electrons. The van der Waals surface area contributed by atoms with E-state index in [2.05, 4.69) is 35.2 Å². The molecule has 2 aromatic heterocycles. The van der Waals surface area contributed by atoms with Gasteiger partial charge in [0.25, 0.3) is 5.91 Å². The molecule has 2 N–H and O–H groups in total. The quantitative estimate of drug-likeness (QED) is 0.237. The maximum Gasteiger partial charge on any atom is 0.414 e. The van der Waals surface area contributed by atoms with Crippen LogP contribution >= 0.6 is 11.6 Å². The number of nitriles is 1. The number of carbonyl (C=O) groups is 2. The third-order valence-corrected chi connectivity index (χ3v) is 13.4.